The Morgan fingerprint density at radius 2 is 2.05 bits per heavy atom. The minimum atomic E-state index is 0.155. The molecule has 0 aliphatic carbocycles. The van der Waals surface area contributed by atoms with E-state index in [-0.39, 0.29) is 6.04 Å². The van der Waals surface area contributed by atoms with Gasteiger partial charge in [0.15, 0.2) is 0 Å². The van der Waals surface area contributed by atoms with Gasteiger partial charge in [0.25, 0.3) is 0 Å². The lowest BCUT2D eigenvalue weighted by Gasteiger charge is -2.33. The molecule has 1 heterocycles. The molecule has 0 radical (unpaired) electrons. The molecule has 2 nitrogen and oxygen atoms in total. The number of piperidine rings is 1. The largest absolute Gasteiger partial charge is 0.323 e. The fraction of sp³-hybridized carbons (Fsp3) is 0.647. The molecule has 0 amide bonds. The highest BCUT2D eigenvalue weighted by atomic mass is 15.1. The molecule has 1 aromatic rings. The highest BCUT2D eigenvalue weighted by Crippen LogP contribution is 2.23. The minimum absolute atomic E-state index is 0.155. The van der Waals surface area contributed by atoms with Crippen LogP contribution >= 0.6 is 0 Å². The first-order valence-electron chi connectivity index (χ1n) is 7.73. The van der Waals surface area contributed by atoms with Gasteiger partial charge in [-0.25, -0.2) is 0 Å². The Kier molecular flexibility index (Phi) is 5.41. The summed E-state index contributed by atoms with van der Waals surface area (Å²) in [4.78, 5) is 2.54. The molecule has 2 heteroatoms. The summed E-state index contributed by atoms with van der Waals surface area (Å²) in [6, 6.07) is 8.77. The third-order valence-electron chi connectivity index (χ3n) is 4.33. The van der Waals surface area contributed by atoms with Crippen molar-refractivity contribution in [1.82, 2.24) is 4.90 Å². The monoisotopic (exact) mass is 260 g/mol. The van der Waals surface area contributed by atoms with Crippen molar-refractivity contribution in [2.24, 2.45) is 11.7 Å². The number of hydrogen-bond donors (Lipinski definition) is 1. The number of nitrogens with zero attached hydrogens (tertiary/aromatic N) is 1. The Bertz CT molecular complexity index is 381. The molecule has 0 saturated carbocycles. The van der Waals surface area contributed by atoms with E-state index in [9.17, 15) is 0 Å². The molecule has 0 spiro atoms. The Labute approximate surface area is 118 Å². The van der Waals surface area contributed by atoms with Crippen LogP contribution in [0.4, 0.5) is 0 Å². The summed E-state index contributed by atoms with van der Waals surface area (Å²) < 4.78 is 0. The lowest BCUT2D eigenvalue weighted by Crippen LogP contribution is -2.38. The van der Waals surface area contributed by atoms with Crippen LogP contribution in [-0.2, 0) is 0 Å². The van der Waals surface area contributed by atoms with Gasteiger partial charge in [0.05, 0.1) is 0 Å². The number of rotatable bonds is 5. The molecule has 1 aromatic carbocycles. The van der Waals surface area contributed by atoms with Gasteiger partial charge >= 0.3 is 0 Å². The highest BCUT2D eigenvalue weighted by molar-refractivity contribution is 5.25. The predicted molar refractivity (Wildman–Crippen MR) is 82.2 cm³/mol. The van der Waals surface area contributed by atoms with Crippen molar-refractivity contribution >= 4 is 0 Å². The second-order valence-electron chi connectivity index (χ2n) is 6.05. The summed E-state index contributed by atoms with van der Waals surface area (Å²) in [5, 5.41) is 0. The smallest absolute Gasteiger partial charge is 0.0424 e. The zero-order valence-electron chi connectivity index (χ0n) is 12.4. The van der Waals surface area contributed by atoms with Crippen molar-refractivity contribution < 1.29 is 0 Å². The SMILES string of the molecule is CCCC1CCN(CC(N)c2cccc(C)c2)CC1. The Balaban J connectivity index is 1.82. The fourth-order valence-electron chi connectivity index (χ4n) is 3.15. The quantitative estimate of drug-likeness (QED) is 0.878. The van der Waals surface area contributed by atoms with Crippen molar-refractivity contribution in [3.63, 3.8) is 0 Å². The number of nitrogens with two attached hydrogens (primary N) is 1. The average molecular weight is 260 g/mol. The summed E-state index contributed by atoms with van der Waals surface area (Å²) in [5.74, 6) is 0.955. The van der Waals surface area contributed by atoms with Gasteiger partial charge in [0.2, 0.25) is 0 Å². The van der Waals surface area contributed by atoms with E-state index in [1.165, 1.54) is 49.9 Å². The van der Waals surface area contributed by atoms with Gasteiger partial charge < -0.3 is 10.6 Å². The number of benzene rings is 1. The zero-order valence-corrected chi connectivity index (χ0v) is 12.4. The maximum Gasteiger partial charge on any atom is 0.0424 e. The van der Waals surface area contributed by atoms with E-state index >= 15 is 0 Å². The third-order valence-corrected chi connectivity index (χ3v) is 4.33. The van der Waals surface area contributed by atoms with Gasteiger partial charge in [-0.1, -0.05) is 49.6 Å². The third kappa shape index (κ3) is 4.32. The molecule has 106 valence electrons. The highest BCUT2D eigenvalue weighted by Gasteiger charge is 2.20. The second kappa shape index (κ2) is 7.06. The molecule has 2 rings (SSSR count). The molecule has 2 N–H and O–H groups in total. The minimum Gasteiger partial charge on any atom is -0.323 e. The standard InChI is InChI=1S/C17H28N2/c1-3-5-15-8-10-19(11-9-15)13-17(18)16-7-4-6-14(2)12-16/h4,6-7,12,15,17H,3,5,8-11,13,18H2,1-2H3. The van der Waals surface area contributed by atoms with Crippen molar-refractivity contribution in [2.75, 3.05) is 19.6 Å². The summed E-state index contributed by atoms with van der Waals surface area (Å²) >= 11 is 0. The van der Waals surface area contributed by atoms with E-state index in [1.54, 1.807) is 0 Å². The molecule has 19 heavy (non-hydrogen) atoms. The van der Waals surface area contributed by atoms with E-state index in [0.717, 1.165) is 12.5 Å². The van der Waals surface area contributed by atoms with Crippen molar-refractivity contribution in [3.05, 3.63) is 35.4 Å². The van der Waals surface area contributed by atoms with E-state index in [4.69, 9.17) is 5.73 Å². The van der Waals surface area contributed by atoms with Crippen LogP contribution in [0, 0.1) is 12.8 Å². The topological polar surface area (TPSA) is 29.3 Å². The second-order valence-corrected chi connectivity index (χ2v) is 6.05. The molecule has 0 aromatic heterocycles. The van der Waals surface area contributed by atoms with E-state index < -0.39 is 0 Å². The normalized spacial score (nSPS) is 19.5. The van der Waals surface area contributed by atoms with Crippen molar-refractivity contribution in [2.45, 2.75) is 45.6 Å². The molecular formula is C17H28N2. The van der Waals surface area contributed by atoms with Crippen LogP contribution in [0.15, 0.2) is 24.3 Å². The van der Waals surface area contributed by atoms with E-state index in [2.05, 4.69) is 43.0 Å². The van der Waals surface area contributed by atoms with Crippen LogP contribution in [0.1, 0.15) is 49.8 Å². The zero-order chi connectivity index (χ0) is 13.7. The molecular weight excluding hydrogens is 232 g/mol. The maximum absolute atomic E-state index is 6.35. The average Bonchev–Trinajstić information content (AvgIpc) is 2.41. The molecule has 1 unspecified atom stereocenters. The van der Waals surface area contributed by atoms with Gasteiger partial charge in [0.1, 0.15) is 0 Å². The lowest BCUT2D eigenvalue weighted by atomic mass is 9.92. The van der Waals surface area contributed by atoms with Crippen molar-refractivity contribution in [3.8, 4) is 0 Å². The van der Waals surface area contributed by atoms with Crippen LogP contribution in [0.25, 0.3) is 0 Å². The van der Waals surface area contributed by atoms with Gasteiger partial charge in [-0.15, -0.1) is 0 Å². The van der Waals surface area contributed by atoms with Crippen LogP contribution in [0.3, 0.4) is 0 Å². The Morgan fingerprint density at radius 1 is 1.32 bits per heavy atom. The van der Waals surface area contributed by atoms with Crippen LogP contribution in [0.5, 0.6) is 0 Å². The fourth-order valence-corrected chi connectivity index (χ4v) is 3.15. The summed E-state index contributed by atoms with van der Waals surface area (Å²) in [7, 11) is 0. The molecule has 1 aliphatic rings. The molecule has 1 saturated heterocycles. The summed E-state index contributed by atoms with van der Waals surface area (Å²) in [5.41, 5.74) is 8.92. The summed E-state index contributed by atoms with van der Waals surface area (Å²) in [6.45, 7) is 7.88. The first-order valence-corrected chi connectivity index (χ1v) is 7.73. The Morgan fingerprint density at radius 3 is 2.68 bits per heavy atom. The maximum atomic E-state index is 6.35. The van der Waals surface area contributed by atoms with Gasteiger partial charge in [-0.2, -0.15) is 0 Å². The van der Waals surface area contributed by atoms with Crippen LogP contribution in [0.2, 0.25) is 0 Å². The van der Waals surface area contributed by atoms with Crippen LogP contribution in [-0.4, -0.2) is 24.5 Å². The molecule has 1 atom stereocenters. The van der Waals surface area contributed by atoms with Crippen LogP contribution < -0.4 is 5.73 Å². The molecule has 1 aliphatic heterocycles. The predicted octanol–water partition coefficient (Wildman–Crippen LogP) is 3.51. The molecule has 1 fully saturated rings. The van der Waals surface area contributed by atoms with Gasteiger partial charge in [-0.3, -0.25) is 0 Å². The van der Waals surface area contributed by atoms with Gasteiger partial charge in [0, 0.05) is 12.6 Å². The van der Waals surface area contributed by atoms with Crippen molar-refractivity contribution in [1.29, 1.82) is 0 Å². The van der Waals surface area contributed by atoms with E-state index in [1.807, 2.05) is 0 Å². The number of hydrogen-bond acceptors (Lipinski definition) is 2. The Hall–Kier alpha value is -0.860. The molecule has 0 bridgehead atoms. The van der Waals surface area contributed by atoms with E-state index in [0.29, 0.717) is 0 Å². The lowest BCUT2D eigenvalue weighted by molar-refractivity contribution is 0.170. The first-order chi connectivity index (χ1) is 9.19. The first kappa shape index (κ1) is 14.5. The van der Waals surface area contributed by atoms with Gasteiger partial charge in [-0.05, 0) is 44.3 Å². The number of likely N-dealkylation sites (tertiary alicyclic amines) is 1. The number of aryl methyl sites for hydroxylation is 1. The summed E-state index contributed by atoms with van der Waals surface area (Å²) in [6.07, 6.45) is 5.44.